The van der Waals surface area contributed by atoms with Crippen LogP contribution in [-0.2, 0) is 19.1 Å². The molecule has 8 heteroatoms. The second-order valence-corrected chi connectivity index (χ2v) is 4.86. The van der Waals surface area contributed by atoms with Crippen LogP contribution < -0.4 is 15.2 Å². The molecule has 2 atom stereocenters. The lowest BCUT2D eigenvalue weighted by Crippen LogP contribution is -2.33. The quantitative estimate of drug-likeness (QED) is 0.805. The molecule has 0 aliphatic carbocycles. The Balaban J connectivity index is 2.72. The summed E-state index contributed by atoms with van der Waals surface area (Å²) in [5.41, 5.74) is 6.15. The van der Waals surface area contributed by atoms with Gasteiger partial charge < -0.3 is 24.7 Å². The largest absolute Gasteiger partial charge is 0.493 e. The number of carbonyl (C=O) groups is 2. The van der Waals surface area contributed by atoms with Crippen LogP contribution in [0.2, 0.25) is 0 Å². The molecule has 0 amide bonds. The second-order valence-electron chi connectivity index (χ2n) is 4.86. The van der Waals surface area contributed by atoms with E-state index in [0.29, 0.717) is 11.3 Å². The van der Waals surface area contributed by atoms with E-state index in [-0.39, 0.29) is 17.2 Å². The number of ether oxygens (including phenoxy) is 4. The monoisotopic (exact) mass is 332 g/mol. The lowest BCUT2D eigenvalue weighted by atomic mass is 9.79. The van der Waals surface area contributed by atoms with Crippen LogP contribution in [-0.4, -0.2) is 33.3 Å². The van der Waals surface area contributed by atoms with Gasteiger partial charge in [-0.15, -0.1) is 0 Å². The third-order valence-corrected chi connectivity index (χ3v) is 3.69. The average molecular weight is 332 g/mol. The molecular formula is C16H16N2O6. The van der Waals surface area contributed by atoms with E-state index < -0.39 is 23.8 Å². The molecule has 24 heavy (non-hydrogen) atoms. The number of methoxy groups -OCH3 is 3. The van der Waals surface area contributed by atoms with Gasteiger partial charge in [-0.05, 0) is 6.07 Å². The molecular weight excluding hydrogens is 316 g/mol. The summed E-state index contributed by atoms with van der Waals surface area (Å²) >= 11 is 0. The fourth-order valence-electron chi connectivity index (χ4n) is 2.60. The molecule has 1 heterocycles. The van der Waals surface area contributed by atoms with E-state index >= 15 is 0 Å². The van der Waals surface area contributed by atoms with Crippen LogP contribution in [0.25, 0.3) is 0 Å². The van der Waals surface area contributed by atoms with Crippen molar-refractivity contribution in [1.82, 2.24) is 0 Å². The molecule has 1 aromatic carbocycles. The summed E-state index contributed by atoms with van der Waals surface area (Å²) in [5, 5.41) is 9.45. The second kappa shape index (κ2) is 6.91. The van der Waals surface area contributed by atoms with E-state index in [4.69, 9.17) is 19.9 Å². The zero-order valence-electron chi connectivity index (χ0n) is 13.4. The number of carbonyl (C=O) groups excluding carboxylic acids is 2. The van der Waals surface area contributed by atoms with Gasteiger partial charge in [0.05, 0.1) is 33.3 Å². The number of nitrogens with zero attached hydrogens (tertiary/aromatic N) is 1. The predicted molar refractivity (Wildman–Crippen MR) is 80.7 cm³/mol. The number of hydrogen-bond acceptors (Lipinski definition) is 8. The number of fused-ring (bicyclic) bond motifs is 1. The lowest BCUT2D eigenvalue weighted by molar-refractivity contribution is -0.144. The van der Waals surface area contributed by atoms with Gasteiger partial charge in [-0.1, -0.05) is 12.1 Å². The summed E-state index contributed by atoms with van der Waals surface area (Å²) in [4.78, 5) is 24.2. The van der Waals surface area contributed by atoms with E-state index in [2.05, 4.69) is 4.74 Å². The Kier molecular flexibility index (Phi) is 4.94. The van der Waals surface area contributed by atoms with Gasteiger partial charge in [-0.2, -0.15) is 5.26 Å². The van der Waals surface area contributed by atoms with Crippen LogP contribution in [0.15, 0.2) is 29.7 Å². The van der Waals surface area contributed by atoms with Crippen molar-refractivity contribution in [3.05, 3.63) is 35.2 Å². The van der Waals surface area contributed by atoms with Crippen LogP contribution in [0.1, 0.15) is 11.5 Å². The van der Waals surface area contributed by atoms with Crippen LogP contribution >= 0.6 is 0 Å². The zero-order valence-corrected chi connectivity index (χ0v) is 13.4. The molecule has 0 unspecified atom stereocenters. The smallest absolute Gasteiger partial charge is 0.339 e. The van der Waals surface area contributed by atoms with Gasteiger partial charge in [-0.25, -0.2) is 4.79 Å². The van der Waals surface area contributed by atoms with Gasteiger partial charge in [0.1, 0.15) is 5.57 Å². The Bertz CT molecular complexity index is 749. The first-order valence-corrected chi connectivity index (χ1v) is 6.90. The molecule has 8 nitrogen and oxygen atoms in total. The molecule has 0 saturated heterocycles. The normalized spacial score (nSPS) is 17.0. The van der Waals surface area contributed by atoms with Crippen molar-refractivity contribution in [1.29, 1.82) is 5.26 Å². The minimum atomic E-state index is -1.31. The fourth-order valence-corrected chi connectivity index (χ4v) is 2.60. The van der Waals surface area contributed by atoms with Crippen LogP contribution in [0.3, 0.4) is 0 Å². The van der Waals surface area contributed by atoms with Gasteiger partial charge in [-0.3, -0.25) is 4.79 Å². The summed E-state index contributed by atoms with van der Waals surface area (Å²) in [6.45, 7) is 0. The highest BCUT2D eigenvalue weighted by Crippen LogP contribution is 2.47. The van der Waals surface area contributed by atoms with Crippen molar-refractivity contribution < 1.29 is 28.5 Å². The average Bonchev–Trinajstić information content (AvgIpc) is 2.60. The first kappa shape index (κ1) is 17.1. The summed E-state index contributed by atoms with van der Waals surface area (Å²) in [5.74, 6) is -3.58. The van der Waals surface area contributed by atoms with Gasteiger partial charge in [0.2, 0.25) is 5.88 Å². The summed E-state index contributed by atoms with van der Waals surface area (Å²) in [6.07, 6.45) is 0. The zero-order chi connectivity index (χ0) is 17.9. The van der Waals surface area contributed by atoms with Gasteiger partial charge in [0, 0.05) is 5.56 Å². The Morgan fingerprint density at radius 2 is 2.00 bits per heavy atom. The lowest BCUT2D eigenvalue weighted by Gasteiger charge is -2.30. The Morgan fingerprint density at radius 1 is 1.29 bits per heavy atom. The molecule has 0 aromatic heterocycles. The highest BCUT2D eigenvalue weighted by Gasteiger charge is 2.43. The topological polar surface area (TPSA) is 121 Å². The van der Waals surface area contributed by atoms with Crippen molar-refractivity contribution in [2.24, 2.45) is 11.7 Å². The first-order valence-electron chi connectivity index (χ1n) is 6.90. The van der Waals surface area contributed by atoms with E-state index in [1.807, 2.05) is 6.07 Å². The van der Waals surface area contributed by atoms with Crippen molar-refractivity contribution in [2.75, 3.05) is 21.3 Å². The van der Waals surface area contributed by atoms with Crippen LogP contribution in [0.4, 0.5) is 0 Å². The maximum Gasteiger partial charge on any atom is 0.339 e. The summed E-state index contributed by atoms with van der Waals surface area (Å²) in [6, 6.07) is 6.76. The number of nitrogens with two attached hydrogens (primary N) is 1. The van der Waals surface area contributed by atoms with Gasteiger partial charge >= 0.3 is 11.9 Å². The molecule has 126 valence electrons. The maximum absolute atomic E-state index is 12.2. The first-order chi connectivity index (χ1) is 11.5. The van der Waals surface area contributed by atoms with E-state index in [0.717, 1.165) is 7.11 Å². The highest BCUT2D eigenvalue weighted by molar-refractivity contribution is 5.94. The number of para-hydroxylation sites is 1. The predicted octanol–water partition coefficient (Wildman–Crippen LogP) is 0.827. The van der Waals surface area contributed by atoms with Crippen molar-refractivity contribution in [3.8, 4) is 17.6 Å². The standard InChI is InChI=1S/C16H16N2O6/c1-21-10-6-4-5-8-11(9(7-17)15(19)22-2)12(16(20)23-3)14(18)24-13(8)10/h4-6,9,11H,18H2,1-3H3/t9-,11+/m0/s1. The molecule has 2 rings (SSSR count). The van der Waals surface area contributed by atoms with Gasteiger partial charge in [0.25, 0.3) is 0 Å². The molecule has 1 aromatic rings. The van der Waals surface area contributed by atoms with Crippen LogP contribution in [0, 0.1) is 17.2 Å². The van der Waals surface area contributed by atoms with Gasteiger partial charge in [0.15, 0.2) is 17.4 Å². The highest BCUT2D eigenvalue weighted by atomic mass is 16.5. The number of hydrogen-bond donors (Lipinski definition) is 1. The van der Waals surface area contributed by atoms with E-state index in [9.17, 15) is 14.9 Å². The Labute approximate surface area is 138 Å². The Morgan fingerprint density at radius 3 is 2.54 bits per heavy atom. The van der Waals surface area contributed by atoms with Crippen molar-refractivity contribution >= 4 is 11.9 Å². The molecule has 0 bridgehead atoms. The fraction of sp³-hybridized carbons (Fsp3) is 0.312. The van der Waals surface area contributed by atoms with E-state index in [1.165, 1.54) is 14.2 Å². The Hall–Kier alpha value is -3.21. The maximum atomic E-state index is 12.2. The van der Waals surface area contributed by atoms with E-state index in [1.54, 1.807) is 18.2 Å². The molecule has 2 N–H and O–H groups in total. The number of rotatable bonds is 4. The molecule has 0 radical (unpaired) electrons. The number of nitriles is 1. The number of benzene rings is 1. The molecule has 0 saturated carbocycles. The minimum absolute atomic E-state index is 0.116. The molecule has 0 fully saturated rings. The third kappa shape index (κ3) is 2.72. The van der Waals surface area contributed by atoms with Crippen molar-refractivity contribution in [3.63, 3.8) is 0 Å². The molecule has 0 spiro atoms. The minimum Gasteiger partial charge on any atom is -0.493 e. The SMILES string of the molecule is COC(=O)C1=C(N)Oc2c(OC)cccc2[C@@H]1[C@H](C#N)C(=O)OC. The summed E-state index contributed by atoms with van der Waals surface area (Å²) < 4.78 is 20.1. The van der Waals surface area contributed by atoms with Crippen LogP contribution in [0.5, 0.6) is 11.5 Å². The molecule has 1 aliphatic heterocycles. The third-order valence-electron chi connectivity index (χ3n) is 3.69. The molecule has 1 aliphatic rings. The summed E-state index contributed by atoms with van der Waals surface area (Å²) in [7, 11) is 3.76. The van der Waals surface area contributed by atoms with Crippen molar-refractivity contribution in [2.45, 2.75) is 5.92 Å². The number of esters is 2.